The van der Waals surface area contributed by atoms with Crippen molar-refractivity contribution in [2.75, 3.05) is 0 Å². The number of nitrogens with zero attached hydrogens (tertiary/aromatic N) is 1. The van der Waals surface area contributed by atoms with E-state index in [9.17, 15) is 10.1 Å². The Labute approximate surface area is 98.8 Å². The second-order valence-corrected chi connectivity index (χ2v) is 5.24. The molecule has 0 spiro atoms. The van der Waals surface area contributed by atoms with Gasteiger partial charge in [-0.05, 0) is 12.8 Å². The fourth-order valence-corrected chi connectivity index (χ4v) is 2.67. The predicted molar refractivity (Wildman–Crippen MR) is 66.1 cm³/mol. The van der Waals surface area contributed by atoms with E-state index < -0.39 is 0 Å². The van der Waals surface area contributed by atoms with Crippen LogP contribution in [0.4, 0.5) is 0 Å². The van der Waals surface area contributed by atoms with E-state index in [-0.39, 0.29) is 16.9 Å². The van der Waals surface area contributed by atoms with E-state index in [2.05, 4.69) is 6.92 Å². The molecule has 0 aromatic rings. The van der Waals surface area contributed by atoms with Crippen LogP contribution >= 0.6 is 0 Å². The normalized spacial score (nSPS) is 30.1. The second kappa shape index (κ2) is 7.64. The smallest absolute Gasteiger partial charge is 0.215 e. The number of rotatable bonds is 1. The van der Waals surface area contributed by atoms with Crippen LogP contribution in [-0.4, -0.2) is 11.0 Å². The third-order valence-corrected chi connectivity index (χ3v) is 3.84. The molecule has 0 aromatic heterocycles. The number of nitro groups is 1. The highest BCUT2D eigenvalue weighted by Gasteiger charge is 2.26. The summed E-state index contributed by atoms with van der Waals surface area (Å²) in [5, 5.41) is 11.0. The third kappa shape index (κ3) is 4.95. The lowest BCUT2D eigenvalue weighted by Gasteiger charge is -2.17. The van der Waals surface area contributed by atoms with Gasteiger partial charge < -0.3 is 0 Å². The molecule has 16 heavy (non-hydrogen) atoms. The minimum Gasteiger partial charge on any atom is -0.264 e. The molecule has 0 aromatic carbocycles. The van der Waals surface area contributed by atoms with Crippen LogP contribution < -0.4 is 0 Å². The Morgan fingerprint density at radius 2 is 1.31 bits per heavy atom. The summed E-state index contributed by atoms with van der Waals surface area (Å²) >= 11 is 0. The highest BCUT2D eigenvalue weighted by Crippen LogP contribution is 2.22. The van der Waals surface area contributed by atoms with E-state index in [1.807, 2.05) is 0 Å². The molecular formula is C13H25NO2. The molecule has 0 amide bonds. The summed E-state index contributed by atoms with van der Waals surface area (Å²) in [6, 6.07) is -0.292. The highest BCUT2D eigenvalue weighted by molar-refractivity contribution is 4.67. The highest BCUT2D eigenvalue weighted by atomic mass is 16.6. The molecule has 3 nitrogen and oxygen atoms in total. The standard InChI is InChI=1S/C13H25NO2/c1-12-10-8-6-4-2-3-5-7-9-11-13(12)14(15)16/h12-13H,2-11H2,1H3. The van der Waals surface area contributed by atoms with E-state index in [0.29, 0.717) is 0 Å². The summed E-state index contributed by atoms with van der Waals surface area (Å²) in [6.07, 6.45) is 11.7. The predicted octanol–water partition coefficient (Wildman–Crippen LogP) is 4.18. The molecule has 1 rings (SSSR count). The van der Waals surface area contributed by atoms with Crippen molar-refractivity contribution in [3.8, 4) is 0 Å². The summed E-state index contributed by atoms with van der Waals surface area (Å²) in [6.45, 7) is 2.05. The maximum absolute atomic E-state index is 11.0. The zero-order valence-electron chi connectivity index (χ0n) is 10.5. The van der Waals surface area contributed by atoms with Gasteiger partial charge in [-0.3, -0.25) is 10.1 Å². The minimum absolute atomic E-state index is 0.0452. The Morgan fingerprint density at radius 1 is 0.875 bits per heavy atom. The third-order valence-electron chi connectivity index (χ3n) is 3.84. The fraction of sp³-hybridized carbons (Fsp3) is 1.00. The molecular weight excluding hydrogens is 202 g/mol. The second-order valence-electron chi connectivity index (χ2n) is 5.24. The van der Waals surface area contributed by atoms with Gasteiger partial charge in [-0.2, -0.15) is 0 Å². The van der Waals surface area contributed by atoms with Crippen molar-refractivity contribution in [2.24, 2.45) is 5.92 Å². The Hall–Kier alpha value is -0.600. The number of hydrogen-bond acceptors (Lipinski definition) is 2. The van der Waals surface area contributed by atoms with E-state index in [4.69, 9.17) is 0 Å². The van der Waals surface area contributed by atoms with Gasteiger partial charge in [0, 0.05) is 17.3 Å². The molecule has 0 N–H and O–H groups in total. The van der Waals surface area contributed by atoms with E-state index >= 15 is 0 Å². The van der Waals surface area contributed by atoms with Crippen molar-refractivity contribution in [3.05, 3.63) is 10.1 Å². The Balaban J connectivity index is 2.43. The molecule has 94 valence electrons. The molecule has 0 bridgehead atoms. The first-order valence-electron chi connectivity index (χ1n) is 6.85. The van der Waals surface area contributed by atoms with Gasteiger partial charge in [-0.15, -0.1) is 0 Å². The van der Waals surface area contributed by atoms with Crippen LogP contribution in [0.5, 0.6) is 0 Å². The number of hydrogen-bond donors (Lipinski definition) is 0. The first kappa shape index (κ1) is 13.5. The lowest BCUT2D eigenvalue weighted by atomic mass is 9.90. The molecule has 1 aliphatic carbocycles. The van der Waals surface area contributed by atoms with Gasteiger partial charge in [-0.1, -0.05) is 51.9 Å². The summed E-state index contributed by atoms with van der Waals surface area (Å²) < 4.78 is 0. The monoisotopic (exact) mass is 227 g/mol. The van der Waals surface area contributed by atoms with Crippen molar-refractivity contribution in [1.29, 1.82) is 0 Å². The maximum atomic E-state index is 11.0. The molecule has 1 saturated carbocycles. The van der Waals surface area contributed by atoms with Crippen LogP contribution in [0.25, 0.3) is 0 Å². The Morgan fingerprint density at radius 3 is 1.81 bits per heavy atom. The van der Waals surface area contributed by atoms with Gasteiger partial charge >= 0.3 is 0 Å². The fourth-order valence-electron chi connectivity index (χ4n) is 2.67. The van der Waals surface area contributed by atoms with E-state index in [1.54, 1.807) is 0 Å². The SMILES string of the molecule is CC1CCCCCCCCCCC1[N+](=O)[O-]. The van der Waals surface area contributed by atoms with Crippen LogP contribution in [0.3, 0.4) is 0 Å². The molecule has 0 heterocycles. The average molecular weight is 227 g/mol. The summed E-state index contributed by atoms with van der Waals surface area (Å²) in [7, 11) is 0. The first-order chi connectivity index (χ1) is 7.72. The van der Waals surface area contributed by atoms with Gasteiger partial charge in [0.15, 0.2) is 0 Å². The molecule has 0 saturated heterocycles. The molecule has 0 radical (unpaired) electrons. The Kier molecular flexibility index (Phi) is 6.43. The van der Waals surface area contributed by atoms with Gasteiger partial charge in [0.25, 0.3) is 0 Å². The van der Waals surface area contributed by atoms with Crippen molar-refractivity contribution in [3.63, 3.8) is 0 Å². The summed E-state index contributed by atoms with van der Waals surface area (Å²) in [4.78, 5) is 10.9. The van der Waals surface area contributed by atoms with Crippen LogP contribution in [0, 0.1) is 16.0 Å². The largest absolute Gasteiger partial charge is 0.264 e. The van der Waals surface area contributed by atoms with Gasteiger partial charge in [0.2, 0.25) is 6.04 Å². The molecule has 0 aliphatic heterocycles. The first-order valence-corrected chi connectivity index (χ1v) is 6.85. The molecule has 2 atom stereocenters. The Bertz CT molecular complexity index is 206. The minimum atomic E-state index is -0.292. The van der Waals surface area contributed by atoms with Crippen molar-refractivity contribution < 1.29 is 4.92 Å². The molecule has 3 heteroatoms. The molecule has 1 aliphatic rings. The van der Waals surface area contributed by atoms with Gasteiger partial charge in [0.05, 0.1) is 0 Å². The van der Waals surface area contributed by atoms with E-state index in [1.165, 1.54) is 44.9 Å². The van der Waals surface area contributed by atoms with Gasteiger partial charge in [-0.25, -0.2) is 0 Å². The average Bonchev–Trinajstić information content (AvgIpc) is 2.22. The topological polar surface area (TPSA) is 43.1 Å². The van der Waals surface area contributed by atoms with Crippen LogP contribution in [-0.2, 0) is 0 Å². The zero-order valence-corrected chi connectivity index (χ0v) is 10.5. The van der Waals surface area contributed by atoms with Crippen LogP contribution in [0.2, 0.25) is 0 Å². The lowest BCUT2D eigenvalue weighted by molar-refractivity contribution is -0.532. The van der Waals surface area contributed by atoms with Crippen molar-refractivity contribution >= 4 is 0 Å². The van der Waals surface area contributed by atoms with Gasteiger partial charge in [0.1, 0.15) is 0 Å². The van der Waals surface area contributed by atoms with Crippen LogP contribution in [0.15, 0.2) is 0 Å². The van der Waals surface area contributed by atoms with Crippen LogP contribution in [0.1, 0.15) is 71.1 Å². The molecule has 2 unspecified atom stereocenters. The summed E-state index contributed by atoms with van der Waals surface area (Å²) in [5.41, 5.74) is 0. The van der Waals surface area contributed by atoms with Crippen molar-refractivity contribution in [2.45, 2.75) is 77.2 Å². The quantitative estimate of drug-likeness (QED) is 0.498. The molecule has 1 fully saturated rings. The van der Waals surface area contributed by atoms with Crippen molar-refractivity contribution in [1.82, 2.24) is 0 Å². The zero-order chi connectivity index (χ0) is 11.8. The lowest BCUT2D eigenvalue weighted by Crippen LogP contribution is -2.27. The summed E-state index contributed by atoms with van der Waals surface area (Å²) in [5.74, 6) is 0.259. The van der Waals surface area contributed by atoms with E-state index in [0.717, 1.165) is 19.3 Å². The maximum Gasteiger partial charge on any atom is 0.215 e.